The van der Waals surface area contributed by atoms with Crippen LogP contribution in [0.15, 0.2) is 12.3 Å². The third kappa shape index (κ3) is 1.98. The van der Waals surface area contributed by atoms with Crippen molar-refractivity contribution in [2.45, 2.75) is 25.9 Å². The third-order valence-electron chi connectivity index (χ3n) is 1.91. The maximum atomic E-state index is 9.02. The van der Waals surface area contributed by atoms with Crippen LogP contribution in [-0.2, 0) is 0 Å². The summed E-state index contributed by atoms with van der Waals surface area (Å²) >= 11 is 0. The number of aliphatic hydroxyl groups excluding tert-OH is 1. The van der Waals surface area contributed by atoms with Crippen molar-refractivity contribution in [1.82, 2.24) is 10.2 Å². The molecule has 0 bridgehead atoms. The first-order chi connectivity index (χ1) is 5.70. The van der Waals surface area contributed by atoms with Gasteiger partial charge < -0.3 is 9.84 Å². The minimum Gasteiger partial charge on any atom is -0.468 e. The van der Waals surface area contributed by atoms with Crippen LogP contribution in [0.3, 0.4) is 0 Å². The van der Waals surface area contributed by atoms with Crippen LogP contribution in [0.1, 0.15) is 20.3 Å². The average Bonchev–Trinajstić information content (AvgIpc) is 2.57. The van der Waals surface area contributed by atoms with Gasteiger partial charge in [0.05, 0.1) is 6.61 Å². The van der Waals surface area contributed by atoms with Gasteiger partial charge in [0.2, 0.25) is 5.88 Å². The predicted molar refractivity (Wildman–Crippen MR) is 45.0 cm³/mol. The molecule has 12 heavy (non-hydrogen) atoms. The summed E-state index contributed by atoms with van der Waals surface area (Å²) < 4.78 is 5.45. The minimum atomic E-state index is -0.519. The number of aromatic amines is 1. The molecule has 0 amide bonds. The number of hydrogen-bond donors (Lipinski definition) is 2. The van der Waals surface area contributed by atoms with E-state index in [2.05, 4.69) is 10.2 Å². The second kappa shape index (κ2) is 3.58. The number of nitrogens with one attached hydrogen (secondary N) is 1. The third-order valence-corrected chi connectivity index (χ3v) is 1.91. The number of ether oxygens (including phenoxy) is 1. The molecule has 1 heterocycles. The van der Waals surface area contributed by atoms with E-state index in [4.69, 9.17) is 9.84 Å². The van der Waals surface area contributed by atoms with Crippen LogP contribution in [0.5, 0.6) is 5.88 Å². The van der Waals surface area contributed by atoms with E-state index in [0.717, 1.165) is 6.42 Å². The topological polar surface area (TPSA) is 58.1 Å². The van der Waals surface area contributed by atoms with Gasteiger partial charge >= 0.3 is 0 Å². The summed E-state index contributed by atoms with van der Waals surface area (Å²) in [6.07, 6.45) is 2.43. The lowest BCUT2D eigenvalue weighted by Gasteiger charge is -2.25. The highest BCUT2D eigenvalue weighted by atomic mass is 16.5. The zero-order valence-corrected chi connectivity index (χ0v) is 7.37. The van der Waals surface area contributed by atoms with Crippen molar-refractivity contribution < 1.29 is 9.84 Å². The summed E-state index contributed by atoms with van der Waals surface area (Å²) in [4.78, 5) is 0. The molecule has 1 aromatic rings. The monoisotopic (exact) mass is 170 g/mol. The molecule has 4 nitrogen and oxygen atoms in total. The highest BCUT2D eigenvalue weighted by molar-refractivity contribution is 5.06. The Balaban J connectivity index is 2.60. The molecule has 1 aromatic heterocycles. The Hall–Kier alpha value is -1.03. The molecule has 0 aliphatic rings. The molecule has 1 unspecified atom stereocenters. The molecule has 0 aliphatic heterocycles. The normalized spacial score (nSPS) is 15.6. The van der Waals surface area contributed by atoms with Crippen molar-refractivity contribution in [2.75, 3.05) is 6.61 Å². The van der Waals surface area contributed by atoms with Gasteiger partial charge in [-0.2, -0.15) is 0 Å². The number of aliphatic hydroxyl groups is 1. The smallest absolute Gasteiger partial charge is 0.233 e. The van der Waals surface area contributed by atoms with Crippen LogP contribution in [0.2, 0.25) is 0 Å². The van der Waals surface area contributed by atoms with Crippen molar-refractivity contribution in [3.8, 4) is 5.88 Å². The lowest BCUT2D eigenvalue weighted by Crippen LogP contribution is -2.35. The number of aromatic nitrogens is 2. The first-order valence-electron chi connectivity index (χ1n) is 4.00. The summed E-state index contributed by atoms with van der Waals surface area (Å²) in [6, 6.07) is 1.73. The fraction of sp³-hybridized carbons (Fsp3) is 0.625. The predicted octanol–water partition coefficient (Wildman–Crippen LogP) is 0.949. The standard InChI is InChI=1S/C8H14N2O2/c1-3-8(2,6-11)12-7-4-5-9-10-7/h4-5,11H,3,6H2,1-2H3,(H,9,10). The van der Waals surface area contributed by atoms with E-state index in [1.54, 1.807) is 12.3 Å². The summed E-state index contributed by atoms with van der Waals surface area (Å²) in [5.74, 6) is 0.522. The SMILES string of the molecule is CCC(C)(CO)Oc1cc[nH]n1. The van der Waals surface area contributed by atoms with E-state index in [1.165, 1.54) is 0 Å². The Bertz CT molecular complexity index is 217. The highest BCUT2D eigenvalue weighted by Gasteiger charge is 2.23. The van der Waals surface area contributed by atoms with Crippen LogP contribution < -0.4 is 4.74 Å². The van der Waals surface area contributed by atoms with Gasteiger partial charge in [0, 0.05) is 12.3 Å². The second-order valence-corrected chi connectivity index (χ2v) is 2.98. The zero-order chi connectivity index (χ0) is 9.03. The summed E-state index contributed by atoms with van der Waals surface area (Å²) in [7, 11) is 0. The van der Waals surface area contributed by atoms with E-state index in [0.29, 0.717) is 5.88 Å². The van der Waals surface area contributed by atoms with Crippen molar-refractivity contribution in [3.63, 3.8) is 0 Å². The molecule has 0 saturated carbocycles. The summed E-state index contributed by atoms with van der Waals surface area (Å²) in [5, 5.41) is 15.5. The quantitative estimate of drug-likeness (QED) is 0.707. The second-order valence-electron chi connectivity index (χ2n) is 2.98. The lowest BCUT2D eigenvalue weighted by atomic mass is 10.1. The van der Waals surface area contributed by atoms with Gasteiger partial charge in [-0.3, -0.25) is 5.10 Å². The van der Waals surface area contributed by atoms with E-state index in [9.17, 15) is 0 Å². The van der Waals surface area contributed by atoms with E-state index < -0.39 is 5.60 Å². The largest absolute Gasteiger partial charge is 0.468 e. The average molecular weight is 170 g/mol. The van der Waals surface area contributed by atoms with Gasteiger partial charge in [0.15, 0.2) is 0 Å². The zero-order valence-electron chi connectivity index (χ0n) is 7.37. The molecular weight excluding hydrogens is 156 g/mol. The summed E-state index contributed by atoms with van der Waals surface area (Å²) in [6.45, 7) is 3.81. The van der Waals surface area contributed by atoms with Crippen molar-refractivity contribution >= 4 is 0 Å². The Morgan fingerprint density at radius 3 is 2.92 bits per heavy atom. The maximum absolute atomic E-state index is 9.02. The molecule has 2 N–H and O–H groups in total. The Labute approximate surface area is 71.6 Å². The van der Waals surface area contributed by atoms with Gasteiger partial charge in [0.1, 0.15) is 5.60 Å². The maximum Gasteiger partial charge on any atom is 0.233 e. The van der Waals surface area contributed by atoms with Gasteiger partial charge in [-0.1, -0.05) is 6.92 Å². The minimum absolute atomic E-state index is 0.00361. The Morgan fingerprint density at radius 1 is 1.75 bits per heavy atom. The van der Waals surface area contributed by atoms with Crippen LogP contribution >= 0.6 is 0 Å². The van der Waals surface area contributed by atoms with E-state index in [-0.39, 0.29) is 6.61 Å². The fourth-order valence-corrected chi connectivity index (χ4v) is 0.772. The molecule has 0 spiro atoms. The first-order valence-corrected chi connectivity index (χ1v) is 4.00. The fourth-order valence-electron chi connectivity index (χ4n) is 0.772. The molecule has 1 rings (SSSR count). The molecule has 0 radical (unpaired) electrons. The summed E-state index contributed by atoms with van der Waals surface area (Å²) in [5.41, 5.74) is -0.519. The number of nitrogens with zero attached hydrogens (tertiary/aromatic N) is 1. The lowest BCUT2D eigenvalue weighted by molar-refractivity contribution is 0.0182. The van der Waals surface area contributed by atoms with Gasteiger partial charge in [0.25, 0.3) is 0 Å². The van der Waals surface area contributed by atoms with Crippen LogP contribution in [0.4, 0.5) is 0 Å². The van der Waals surface area contributed by atoms with Crippen LogP contribution in [0, 0.1) is 0 Å². The molecule has 4 heteroatoms. The Morgan fingerprint density at radius 2 is 2.50 bits per heavy atom. The molecule has 0 aromatic carbocycles. The number of rotatable bonds is 4. The van der Waals surface area contributed by atoms with Gasteiger partial charge in [-0.05, 0) is 13.3 Å². The molecule has 0 fully saturated rings. The van der Waals surface area contributed by atoms with Crippen molar-refractivity contribution in [3.05, 3.63) is 12.3 Å². The van der Waals surface area contributed by atoms with Gasteiger partial charge in [-0.15, -0.1) is 5.10 Å². The number of hydrogen-bond acceptors (Lipinski definition) is 3. The van der Waals surface area contributed by atoms with Crippen molar-refractivity contribution in [1.29, 1.82) is 0 Å². The molecule has 0 aliphatic carbocycles. The van der Waals surface area contributed by atoms with E-state index >= 15 is 0 Å². The molecule has 1 atom stereocenters. The Kier molecular flexibility index (Phi) is 2.70. The van der Waals surface area contributed by atoms with E-state index in [1.807, 2.05) is 13.8 Å². The number of H-pyrrole nitrogens is 1. The molecule has 68 valence electrons. The van der Waals surface area contributed by atoms with Crippen molar-refractivity contribution in [2.24, 2.45) is 0 Å². The van der Waals surface area contributed by atoms with Crippen LogP contribution in [-0.4, -0.2) is 27.5 Å². The highest BCUT2D eigenvalue weighted by Crippen LogP contribution is 2.17. The molecule has 0 saturated heterocycles. The molecular formula is C8H14N2O2. The van der Waals surface area contributed by atoms with Gasteiger partial charge in [-0.25, -0.2) is 0 Å². The first kappa shape index (κ1) is 9.06. The van der Waals surface area contributed by atoms with Crippen LogP contribution in [0.25, 0.3) is 0 Å².